The molecule has 0 saturated carbocycles. The molecule has 0 saturated heterocycles. The zero-order valence-electron chi connectivity index (χ0n) is 15.6. The van der Waals surface area contributed by atoms with Crippen molar-refractivity contribution >= 4 is 39.7 Å². The van der Waals surface area contributed by atoms with E-state index in [1.807, 2.05) is 66.0 Å². The first-order valence-electron chi connectivity index (χ1n) is 9.30. The molecule has 2 N–H and O–H groups in total. The molecule has 0 fully saturated rings. The normalized spacial score (nSPS) is 10.8. The highest BCUT2D eigenvalue weighted by Gasteiger charge is 2.14. The third kappa shape index (κ3) is 3.89. The summed E-state index contributed by atoms with van der Waals surface area (Å²) in [6.07, 6.45) is 0.922. The summed E-state index contributed by atoms with van der Waals surface area (Å²) in [7, 11) is 0. The van der Waals surface area contributed by atoms with Gasteiger partial charge in [0.15, 0.2) is 0 Å². The lowest BCUT2D eigenvalue weighted by atomic mass is 10.1. The summed E-state index contributed by atoms with van der Waals surface area (Å²) >= 11 is 1.63. The number of carbonyl (C=O) groups excluding carboxylic acids is 1. The van der Waals surface area contributed by atoms with E-state index >= 15 is 0 Å². The number of para-hydroxylation sites is 2. The second-order valence-corrected chi connectivity index (χ2v) is 7.50. The number of pyridine rings is 1. The summed E-state index contributed by atoms with van der Waals surface area (Å²) in [4.78, 5) is 18.8. The maximum atomic E-state index is 12.9. The van der Waals surface area contributed by atoms with Crippen LogP contribution in [0, 0.1) is 0 Å². The Morgan fingerprint density at radius 1 is 1.04 bits per heavy atom. The molecule has 2 aromatic carbocycles. The highest BCUT2D eigenvalue weighted by atomic mass is 32.1. The minimum atomic E-state index is -0.0983. The molecule has 0 bridgehead atoms. The zero-order valence-corrected chi connectivity index (χ0v) is 16.4. The second kappa shape index (κ2) is 8.23. The van der Waals surface area contributed by atoms with Crippen molar-refractivity contribution in [1.82, 2.24) is 10.3 Å². The van der Waals surface area contributed by atoms with Gasteiger partial charge in [-0.15, -0.1) is 11.3 Å². The van der Waals surface area contributed by atoms with Crippen molar-refractivity contribution in [2.75, 3.05) is 5.32 Å². The van der Waals surface area contributed by atoms with Crippen molar-refractivity contribution in [3.8, 4) is 0 Å². The molecule has 0 atom stereocenters. The van der Waals surface area contributed by atoms with E-state index in [2.05, 4.69) is 23.6 Å². The first kappa shape index (κ1) is 18.2. The molecule has 4 aromatic rings. The topological polar surface area (TPSA) is 54.0 Å². The average molecular weight is 388 g/mol. The molecule has 4 nitrogen and oxygen atoms in total. The number of thiophene rings is 1. The predicted molar refractivity (Wildman–Crippen MR) is 116 cm³/mol. The van der Waals surface area contributed by atoms with Crippen LogP contribution in [0.3, 0.4) is 0 Å². The predicted octanol–water partition coefficient (Wildman–Crippen LogP) is 5.53. The van der Waals surface area contributed by atoms with Gasteiger partial charge in [0.05, 0.1) is 17.6 Å². The molecule has 5 heteroatoms. The summed E-state index contributed by atoms with van der Waals surface area (Å²) < 4.78 is 0. The number of fused-ring (bicyclic) bond motifs is 1. The first-order valence-corrected chi connectivity index (χ1v) is 10.2. The van der Waals surface area contributed by atoms with Crippen LogP contribution >= 0.6 is 11.3 Å². The van der Waals surface area contributed by atoms with Crippen molar-refractivity contribution in [2.24, 2.45) is 0 Å². The van der Waals surface area contributed by atoms with Crippen molar-refractivity contribution < 1.29 is 4.79 Å². The van der Waals surface area contributed by atoms with Crippen molar-refractivity contribution in [2.45, 2.75) is 19.9 Å². The molecule has 0 unspecified atom stereocenters. The van der Waals surface area contributed by atoms with E-state index in [1.54, 1.807) is 11.3 Å². The van der Waals surface area contributed by atoms with E-state index in [0.717, 1.165) is 27.9 Å². The Morgan fingerprint density at radius 3 is 2.68 bits per heavy atom. The third-order valence-corrected chi connectivity index (χ3v) is 5.50. The number of rotatable bonds is 6. The smallest absolute Gasteiger partial charge is 0.252 e. The van der Waals surface area contributed by atoms with E-state index in [1.165, 1.54) is 5.56 Å². The molecule has 2 aromatic heterocycles. The van der Waals surface area contributed by atoms with E-state index in [4.69, 9.17) is 4.98 Å². The van der Waals surface area contributed by atoms with E-state index in [0.29, 0.717) is 17.9 Å². The number of nitrogens with one attached hydrogen (secondary N) is 2. The lowest BCUT2D eigenvalue weighted by Crippen LogP contribution is -2.23. The fraction of sp³-hybridized carbons (Fsp3) is 0.130. The minimum Gasteiger partial charge on any atom is -0.347 e. The van der Waals surface area contributed by atoms with Crippen LogP contribution in [0.5, 0.6) is 0 Å². The summed E-state index contributed by atoms with van der Waals surface area (Å²) in [5.74, 6) is 0.569. The molecule has 0 spiro atoms. The zero-order chi connectivity index (χ0) is 19.3. The van der Waals surface area contributed by atoms with Gasteiger partial charge < -0.3 is 10.6 Å². The SMILES string of the molecule is CCc1ccccc1Nc1cc(C(=O)NCc2cccs2)c2ccccc2n1. The Kier molecular flexibility index (Phi) is 5.35. The molecule has 1 amide bonds. The standard InChI is InChI=1S/C23H21N3OS/c1-2-16-8-3-5-11-20(16)25-22-14-19(18-10-4-6-12-21(18)26-22)23(27)24-15-17-9-7-13-28-17/h3-14H,2,15H2,1H3,(H,24,27)(H,25,26). The molecule has 0 aliphatic carbocycles. The highest BCUT2D eigenvalue weighted by Crippen LogP contribution is 2.25. The summed E-state index contributed by atoms with van der Waals surface area (Å²) in [5.41, 5.74) is 3.64. The Hall–Kier alpha value is -3.18. The third-order valence-electron chi connectivity index (χ3n) is 4.63. The van der Waals surface area contributed by atoms with Gasteiger partial charge in [0.1, 0.15) is 5.82 Å². The number of carbonyl (C=O) groups is 1. The Balaban J connectivity index is 1.68. The van der Waals surface area contributed by atoms with Gasteiger partial charge in [-0.2, -0.15) is 0 Å². The quantitative estimate of drug-likeness (QED) is 0.457. The fourth-order valence-electron chi connectivity index (χ4n) is 3.19. The van der Waals surface area contributed by atoms with Crippen LogP contribution in [0.2, 0.25) is 0 Å². The Bertz CT molecular complexity index is 1110. The van der Waals surface area contributed by atoms with E-state index in [9.17, 15) is 4.79 Å². The van der Waals surface area contributed by atoms with Gasteiger partial charge >= 0.3 is 0 Å². The maximum absolute atomic E-state index is 12.9. The van der Waals surface area contributed by atoms with E-state index in [-0.39, 0.29) is 5.91 Å². The van der Waals surface area contributed by atoms with Crippen molar-refractivity contribution in [3.05, 3.63) is 88.1 Å². The summed E-state index contributed by atoms with van der Waals surface area (Å²) in [6, 6.07) is 21.7. The number of aryl methyl sites for hydroxylation is 1. The summed E-state index contributed by atoms with van der Waals surface area (Å²) in [5, 5.41) is 9.27. The first-order chi connectivity index (χ1) is 13.7. The molecule has 0 aliphatic heterocycles. The van der Waals surface area contributed by atoms with Gasteiger partial charge in [-0.3, -0.25) is 4.79 Å². The fourth-order valence-corrected chi connectivity index (χ4v) is 3.84. The number of nitrogens with zero attached hydrogens (tertiary/aromatic N) is 1. The highest BCUT2D eigenvalue weighted by molar-refractivity contribution is 7.09. The van der Waals surface area contributed by atoms with Gasteiger partial charge in [0.2, 0.25) is 0 Å². The number of hydrogen-bond donors (Lipinski definition) is 2. The second-order valence-electron chi connectivity index (χ2n) is 6.47. The lowest BCUT2D eigenvalue weighted by Gasteiger charge is -2.13. The number of aromatic nitrogens is 1. The maximum Gasteiger partial charge on any atom is 0.252 e. The van der Waals surface area contributed by atoms with Gasteiger partial charge in [0, 0.05) is 16.0 Å². The van der Waals surface area contributed by atoms with Crippen LogP contribution < -0.4 is 10.6 Å². The van der Waals surface area contributed by atoms with Crippen LogP contribution in [0.1, 0.15) is 27.7 Å². The van der Waals surface area contributed by atoms with Crippen LogP contribution in [0.15, 0.2) is 72.1 Å². The number of hydrogen-bond acceptors (Lipinski definition) is 4. The lowest BCUT2D eigenvalue weighted by molar-refractivity contribution is 0.0953. The van der Waals surface area contributed by atoms with Gasteiger partial charge in [-0.05, 0) is 41.6 Å². The molecular weight excluding hydrogens is 366 g/mol. The molecule has 4 rings (SSSR count). The Labute approximate surface area is 168 Å². The van der Waals surface area contributed by atoms with Crippen LogP contribution in [-0.4, -0.2) is 10.9 Å². The molecule has 140 valence electrons. The molecule has 0 radical (unpaired) electrons. The summed E-state index contributed by atoms with van der Waals surface area (Å²) in [6.45, 7) is 2.65. The minimum absolute atomic E-state index is 0.0983. The monoisotopic (exact) mass is 387 g/mol. The van der Waals surface area contributed by atoms with Crippen LogP contribution in [0.25, 0.3) is 10.9 Å². The van der Waals surface area contributed by atoms with Crippen LogP contribution in [-0.2, 0) is 13.0 Å². The van der Waals surface area contributed by atoms with Crippen LogP contribution in [0.4, 0.5) is 11.5 Å². The molecule has 0 aliphatic rings. The number of anilines is 2. The van der Waals surface area contributed by atoms with E-state index < -0.39 is 0 Å². The number of amides is 1. The Morgan fingerprint density at radius 2 is 1.86 bits per heavy atom. The van der Waals surface area contributed by atoms with Crippen molar-refractivity contribution in [3.63, 3.8) is 0 Å². The largest absolute Gasteiger partial charge is 0.347 e. The van der Waals surface area contributed by atoms with Crippen molar-refractivity contribution in [1.29, 1.82) is 0 Å². The average Bonchev–Trinajstić information content (AvgIpc) is 3.25. The number of benzene rings is 2. The van der Waals surface area contributed by atoms with Gasteiger partial charge in [-0.1, -0.05) is 49.4 Å². The van der Waals surface area contributed by atoms with Gasteiger partial charge in [-0.25, -0.2) is 4.98 Å². The van der Waals surface area contributed by atoms with Gasteiger partial charge in [0.25, 0.3) is 5.91 Å². The molecule has 2 heterocycles. The molecular formula is C23H21N3OS. The molecule has 28 heavy (non-hydrogen) atoms.